The SMILES string of the molecule is CN[C@@H](CC(=O)O)C(=O)N[C@@H](Cc1ccccc1)C(=O)NCC(=O)N[C@@H](Cc1ccccc1)C(=O)N[C@@H](C)C(=O)N[C@@H](Cc1ccccc1)C(N)=O. The lowest BCUT2D eigenvalue weighted by Crippen LogP contribution is -2.57. The Morgan fingerprint density at radius 2 is 1.00 bits per heavy atom. The molecule has 0 aromatic heterocycles. The van der Waals surface area contributed by atoms with Gasteiger partial charge in [0.25, 0.3) is 0 Å². The van der Waals surface area contributed by atoms with Gasteiger partial charge < -0.3 is 42.7 Å². The Morgan fingerprint density at radius 1 is 0.577 bits per heavy atom. The standard InChI is InChI=1S/C37H45N7O8/c1-23(34(49)43-27(33(38)48)18-24-12-6-3-7-13-24)41-37(52)30(20-26-16-10-5-11-17-26)42-31(45)22-40-35(50)29(19-25-14-8-4-9-15-25)44-36(51)28(39-2)21-32(46)47/h3-17,23,27-30,39H,18-22H2,1-2H3,(H2,38,48)(H,40,50)(H,41,52)(H,42,45)(H,43,49)(H,44,51)(H,46,47)/t23-,27-,28-,29-,30-/m0/s1. The normalized spacial score (nSPS) is 13.6. The summed E-state index contributed by atoms with van der Waals surface area (Å²) in [5, 5.41) is 24.6. The summed E-state index contributed by atoms with van der Waals surface area (Å²) < 4.78 is 0. The summed E-state index contributed by atoms with van der Waals surface area (Å²) in [5.41, 5.74) is 7.70. The molecule has 0 bridgehead atoms. The van der Waals surface area contributed by atoms with Crippen molar-refractivity contribution in [3.05, 3.63) is 108 Å². The van der Waals surface area contributed by atoms with Crippen LogP contribution in [-0.2, 0) is 52.8 Å². The lowest BCUT2D eigenvalue weighted by atomic mass is 10.0. The molecule has 0 unspecified atom stereocenters. The fourth-order valence-electron chi connectivity index (χ4n) is 5.18. The number of nitrogens with two attached hydrogens (primary N) is 1. The Labute approximate surface area is 301 Å². The summed E-state index contributed by atoms with van der Waals surface area (Å²) >= 11 is 0. The van der Waals surface area contributed by atoms with Crippen LogP contribution < -0.4 is 37.6 Å². The quantitative estimate of drug-likeness (QED) is 0.0740. The summed E-state index contributed by atoms with van der Waals surface area (Å²) in [6.45, 7) is 0.852. The van der Waals surface area contributed by atoms with Gasteiger partial charge in [0.1, 0.15) is 24.2 Å². The van der Waals surface area contributed by atoms with E-state index in [-0.39, 0.29) is 19.3 Å². The number of hydrogen-bond donors (Lipinski definition) is 8. The first-order valence-corrected chi connectivity index (χ1v) is 16.6. The third-order valence-electron chi connectivity index (χ3n) is 8.01. The van der Waals surface area contributed by atoms with E-state index >= 15 is 0 Å². The molecule has 0 saturated heterocycles. The van der Waals surface area contributed by atoms with Crippen molar-refractivity contribution in [1.29, 1.82) is 0 Å². The second-order valence-electron chi connectivity index (χ2n) is 12.1. The number of aliphatic carboxylic acids is 1. The van der Waals surface area contributed by atoms with Gasteiger partial charge >= 0.3 is 5.97 Å². The van der Waals surface area contributed by atoms with Gasteiger partial charge in [0.2, 0.25) is 35.4 Å². The monoisotopic (exact) mass is 715 g/mol. The van der Waals surface area contributed by atoms with Crippen LogP contribution >= 0.6 is 0 Å². The smallest absolute Gasteiger partial charge is 0.305 e. The van der Waals surface area contributed by atoms with Crippen LogP contribution in [0.15, 0.2) is 91.0 Å². The van der Waals surface area contributed by atoms with Gasteiger partial charge in [-0.15, -0.1) is 0 Å². The zero-order valence-electron chi connectivity index (χ0n) is 29.0. The topological polar surface area (TPSA) is 238 Å². The molecule has 3 rings (SSSR count). The molecule has 0 aliphatic heterocycles. The van der Waals surface area contributed by atoms with Crippen LogP contribution in [0.25, 0.3) is 0 Å². The van der Waals surface area contributed by atoms with Gasteiger partial charge in [-0.3, -0.25) is 33.6 Å². The first kappa shape index (κ1) is 40.3. The van der Waals surface area contributed by atoms with Gasteiger partial charge in [-0.2, -0.15) is 0 Å². The zero-order chi connectivity index (χ0) is 38.0. The predicted octanol–water partition coefficient (Wildman–Crippen LogP) is -0.662. The van der Waals surface area contributed by atoms with Gasteiger partial charge in [0, 0.05) is 19.3 Å². The third kappa shape index (κ3) is 13.7. The van der Waals surface area contributed by atoms with Crippen molar-refractivity contribution in [1.82, 2.24) is 31.9 Å². The Balaban J connectivity index is 1.67. The maximum Gasteiger partial charge on any atom is 0.305 e. The number of amides is 6. The number of likely N-dealkylation sites (N-methyl/N-ethyl adjacent to an activating group) is 1. The molecule has 0 radical (unpaired) electrons. The number of rotatable bonds is 20. The van der Waals surface area contributed by atoms with Crippen molar-refractivity contribution in [3.8, 4) is 0 Å². The van der Waals surface area contributed by atoms with Gasteiger partial charge in [0.15, 0.2) is 0 Å². The molecule has 0 aliphatic rings. The van der Waals surface area contributed by atoms with Gasteiger partial charge in [-0.05, 0) is 30.7 Å². The highest BCUT2D eigenvalue weighted by atomic mass is 16.4. The molecule has 6 amide bonds. The van der Waals surface area contributed by atoms with Crippen LogP contribution in [0, 0.1) is 0 Å². The van der Waals surface area contributed by atoms with Crippen molar-refractivity contribution >= 4 is 41.4 Å². The Bertz CT molecular complexity index is 1680. The number of benzene rings is 3. The van der Waals surface area contributed by atoms with Crippen LogP contribution in [0.4, 0.5) is 0 Å². The summed E-state index contributed by atoms with van der Waals surface area (Å²) in [6.07, 6.45) is -0.283. The predicted molar refractivity (Wildman–Crippen MR) is 191 cm³/mol. The molecule has 15 heteroatoms. The maximum absolute atomic E-state index is 13.5. The van der Waals surface area contributed by atoms with Crippen LogP contribution in [0.1, 0.15) is 30.0 Å². The minimum Gasteiger partial charge on any atom is -0.481 e. The highest BCUT2D eigenvalue weighted by Gasteiger charge is 2.29. The van der Waals surface area contributed by atoms with Gasteiger partial charge in [0.05, 0.1) is 19.0 Å². The number of carbonyl (C=O) groups excluding carboxylic acids is 6. The van der Waals surface area contributed by atoms with Crippen molar-refractivity contribution in [2.24, 2.45) is 5.73 Å². The summed E-state index contributed by atoms with van der Waals surface area (Å²) in [7, 11) is 1.42. The molecule has 276 valence electrons. The first-order valence-electron chi connectivity index (χ1n) is 16.6. The maximum atomic E-state index is 13.5. The lowest BCUT2D eigenvalue weighted by molar-refractivity contribution is -0.140. The molecule has 0 heterocycles. The van der Waals surface area contributed by atoms with Gasteiger partial charge in [-0.1, -0.05) is 91.0 Å². The van der Waals surface area contributed by atoms with E-state index in [1.165, 1.54) is 14.0 Å². The van der Waals surface area contributed by atoms with E-state index < -0.39 is 84.6 Å². The number of primary amides is 1. The minimum atomic E-state index is -1.21. The fourth-order valence-corrected chi connectivity index (χ4v) is 5.18. The molecule has 5 atom stereocenters. The zero-order valence-corrected chi connectivity index (χ0v) is 29.0. The first-order chi connectivity index (χ1) is 24.9. The number of carboxylic acids is 1. The molecule has 0 fully saturated rings. The molecule has 0 aliphatic carbocycles. The Hall–Kier alpha value is -6.09. The van der Waals surface area contributed by atoms with E-state index in [1.54, 1.807) is 84.9 Å². The second-order valence-corrected chi connectivity index (χ2v) is 12.1. The molecule has 3 aromatic rings. The largest absolute Gasteiger partial charge is 0.481 e. The number of carbonyl (C=O) groups is 7. The van der Waals surface area contributed by atoms with Crippen LogP contribution in [0.3, 0.4) is 0 Å². The molecule has 52 heavy (non-hydrogen) atoms. The number of carboxylic acid groups (broad SMARTS) is 1. The number of hydrogen-bond acceptors (Lipinski definition) is 8. The number of nitrogens with one attached hydrogen (secondary N) is 6. The average molecular weight is 716 g/mol. The van der Waals surface area contributed by atoms with E-state index in [9.17, 15) is 33.6 Å². The summed E-state index contributed by atoms with van der Waals surface area (Å²) in [6, 6.07) is 21.0. The lowest BCUT2D eigenvalue weighted by Gasteiger charge is -2.24. The molecule has 9 N–H and O–H groups in total. The molecule has 15 nitrogen and oxygen atoms in total. The molecular formula is C37H45N7O8. The second kappa shape index (κ2) is 20.6. The minimum absolute atomic E-state index is 0.0420. The average Bonchev–Trinajstić information content (AvgIpc) is 3.13. The van der Waals surface area contributed by atoms with Crippen LogP contribution in [0.2, 0.25) is 0 Å². The highest BCUT2D eigenvalue weighted by Crippen LogP contribution is 2.07. The highest BCUT2D eigenvalue weighted by molar-refractivity contribution is 5.96. The Kier molecular flexibility index (Phi) is 15.9. The van der Waals surface area contributed by atoms with E-state index in [0.717, 1.165) is 5.56 Å². The van der Waals surface area contributed by atoms with Crippen LogP contribution in [-0.4, -0.2) is 90.3 Å². The van der Waals surface area contributed by atoms with E-state index in [1.807, 2.05) is 6.07 Å². The molecule has 0 spiro atoms. The fraction of sp³-hybridized carbons (Fsp3) is 0.324. The Morgan fingerprint density at radius 3 is 1.44 bits per heavy atom. The van der Waals surface area contributed by atoms with E-state index in [0.29, 0.717) is 11.1 Å². The van der Waals surface area contributed by atoms with Crippen molar-refractivity contribution < 1.29 is 38.7 Å². The molecule has 3 aromatic carbocycles. The van der Waals surface area contributed by atoms with Gasteiger partial charge in [-0.25, -0.2) is 0 Å². The molecular weight excluding hydrogens is 670 g/mol. The van der Waals surface area contributed by atoms with Crippen molar-refractivity contribution in [2.45, 2.75) is 62.8 Å². The van der Waals surface area contributed by atoms with E-state index in [2.05, 4.69) is 31.9 Å². The van der Waals surface area contributed by atoms with Crippen LogP contribution in [0.5, 0.6) is 0 Å². The van der Waals surface area contributed by atoms with E-state index in [4.69, 9.17) is 10.8 Å². The molecule has 0 saturated carbocycles. The summed E-state index contributed by atoms with van der Waals surface area (Å²) in [4.78, 5) is 89.1. The van der Waals surface area contributed by atoms with Crippen molar-refractivity contribution in [3.63, 3.8) is 0 Å². The van der Waals surface area contributed by atoms with Crippen molar-refractivity contribution in [2.75, 3.05) is 13.6 Å². The third-order valence-corrected chi connectivity index (χ3v) is 8.01. The summed E-state index contributed by atoms with van der Waals surface area (Å²) in [5.74, 6) is -5.49.